The van der Waals surface area contributed by atoms with E-state index in [2.05, 4.69) is 15.4 Å². The van der Waals surface area contributed by atoms with E-state index in [-0.39, 0.29) is 6.61 Å². The molecule has 28 heavy (non-hydrogen) atoms. The second kappa shape index (κ2) is 7.98. The molecule has 0 aliphatic carbocycles. The number of nitrogens with one attached hydrogen (secondary N) is 1. The smallest absolute Gasteiger partial charge is 0.328 e. The number of halogens is 1. The molecule has 1 atom stereocenters. The summed E-state index contributed by atoms with van der Waals surface area (Å²) < 4.78 is 6.58. The summed E-state index contributed by atoms with van der Waals surface area (Å²) in [6.45, 7) is 7.15. The maximum atomic E-state index is 12.9. The van der Waals surface area contributed by atoms with Gasteiger partial charge in [0.25, 0.3) is 5.91 Å². The number of nitrogens with zero attached hydrogens (tertiary/aromatic N) is 3. The van der Waals surface area contributed by atoms with Gasteiger partial charge < -0.3 is 10.1 Å². The van der Waals surface area contributed by atoms with Crippen LogP contribution in [0.15, 0.2) is 30.3 Å². The van der Waals surface area contributed by atoms with Gasteiger partial charge in [0.1, 0.15) is 6.04 Å². The largest absolute Gasteiger partial charge is 0.464 e. The number of fused-ring (bicyclic) bond motifs is 1. The molecule has 146 valence electrons. The van der Waals surface area contributed by atoms with Gasteiger partial charge in [0.15, 0.2) is 5.65 Å². The fraction of sp³-hybridized carbons (Fsp3) is 0.300. The third-order valence-electron chi connectivity index (χ3n) is 4.25. The fourth-order valence-electron chi connectivity index (χ4n) is 2.99. The summed E-state index contributed by atoms with van der Waals surface area (Å²) in [6, 6.07) is 8.20. The van der Waals surface area contributed by atoms with E-state index in [1.807, 2.05) is 18.2 Å². The summed E-state index contributed by atoms with van der Waals surface area (Å²) in [5.41, 5.74) is 2.88. The number of aromatic nitrogens is 3. The van der Waals surface area contributed by atoms with E-state index in [4.69, 9.17) is 16.3 Å². The quantitative estimate of drug-likeness (QED) is 0.663. The van der Waals surface area contributed by atoms with Gasteiger partial charge in [-0.2, -0.15) is 5.10 Å². The lowest BCUT2D eigenvalue weighted by Crippen LogP contribution is -2.39. The van der Waals surface area contributed by atoms with Crippen LogP contribution in [-0.4, -0.2) is 39.3 Å². The van der Waals surface area contributed by atoms with Gasteiger partial charge in [-0.3, -0.25) is 4.79 Å². The number of aryl methyl sites for hydroxylation is 2. The highest BCUT2D eigenvalue weighted by Gasteiger charge is 2.23. The SMILES string of the molecule is CCOC(=O)[C@H](C)NC(=O)c1cc(C)nc2c1c(C)nn2-c1ccccc1Cl. The number of esters is 1. The van der Waals surface area contributed by atoms with Crippen molar-refractivity contribution in [1.29, 1.82) is 0 Å². The van der Waals surface area contributed by atoms with Crippen LogP contribution in [0.25, 0.3) is 16.7 Å². The third-order valence-corrected chi connectivity index (χ3v) is 4.57. The number of hydrogen-bond donors (Lipinski definition) is 1. The minimum atomic E-state index is -0.769. The number of amides is 1. The van der Waals surface area contributed by atoms with Crippen LogP contribution in [0.1, 0.15) is 35.6 Å². The van der Waals surface area contributed by atoms with Crippen molar-refractivity contribution in [3.05, 3.63) is 52.3 Å². The number of carbonyl (C=O) groups is 2. The second-order valence-corrected chi connectivity index (χ2v) is 6.81. The predicted octanol–water partition coefficient (Wildman–Crippen LogP) is 3.37. The van der Waals surface area contributed by atoms with Crippen molar-refractivity contribution in [1.82, 2.24) is 20.1 Å². The van der Waals surface area contributed by atoms with Crippen LogP contribution in [0.5, 0.6) is 0 Å². The monoisotopic (exact) mass is 400 g/mol. The first kappa shape index (κ1) is 19.8. The van der Waals surface area contributed by atoms with Crippen molar-refractivity contribution in [2.75, 3.05) is 6.61 Å². The topological polar surface area (TPSA) is 86.1 Å². The molecule has 1 aromatic carbocycles. The molecular weight excluding hydrogens is 380 g/mol. The number of rotatable bonds is 5. The van der Waals surface area contributed by atoms with E-state index in [1.165, 1.54) is 0 Å². The number of carbonyl (C=O) groups excluding carboxylic acids is 2. The Morgan fingerprint density at radius 2 is 2.00 bits per heavy atom. The molecule has 7 nitrogen and oxygen atoms in total. The number of pyridine rings is 1. The zero-order valence-corrected chi connectivity index (χ0v) is 16.9. The highest BCUT2D eigenvalue weighted by Crippen LogP contribution is 2.28. The number of ether oxygens (including phenoxy) is 1. The molecule has 0 saturated heterocycles. The summed E-state index contributed by atoms with van der Waals surface area (Å²) in [6.07, 6.45) is 0. The van der Waals surface area contributed by atoms with Crippen molar-refractivity contribution in [3.63, 3.8) is 0 Å². The van der Waals surface area contributed by atoms with Gasteiger partial charge >= 0.3 is 5.97 Å². The van der Waals surface area contributed by atoms with Gasteiger partial charge in [0.2, 0.25) is 0 Å². The lowest BCUT2D eigenvalue weighted by molar-refractivity contribution is -0.144. The maximum Gasteiger partial charge on any atom is 0.328 e. The normalized spacial score (nSPS) is 12.0. The highest BCUT2D eigenvalue weighted by molar-refractivity contribution is 6.32. The van der Waals surface area contributed by atoms with Crippen molar-refractivity contribution in [2.45, 2.75) is 33.7 Å². The third kappa shape index (κ3) is 3.71. The van der Waals surface area contributed by atoms with Crippen LogP contribution in [0, 0.1) is 13.8 Å². The van der Waals surface area contributed by atoms with E-state index >= 15 is 0 Å². The fourth-order valence-corrected chi connectivity index (χ4v) is 3.20. The molecule has 8 heteroatoms. The maximum absolute atomic E-state index is 12.9. The summed E-state index contributed by atoms with van der Waals surface area (Å²) in [4.78, 5) is 29.3. The first-order chi connectivity index (χ1) is 13.3. The molecular formula is C20H21ClN4O3. The first-order valence-electron chi connectivity index (χ1n) is 8.92. The zero-order chi connectivity index (χ0) is 20.4. The molecule has 0 saturated carbocycles. The molecule has 0 spiro atoms. The van der Waals surface area contributed by atoms with Crippen LogP contribution in [0.3, 0.4) is 0 Å². The predicted molar refractivity (Wildman–Crippen MR) is 107 cm³/mol. The van der Waals surface area contributed by atoms with Gasteiger partial charge in [-0.15, -0.1) is 0 Å². The van der Waals surface area contributed by atoms with E-state index in [0.717, 1.165) is 0 Å². The Bertz CT molecular complexity index is 1060. The van der Waals surface area contributed by atoms with Crippen LogP contribution in [0.2, 0.25) is 5.02 Å². The highest BCUT2D eigenvalue weighted by atomic mass is 35.5. The molecule has 3 rings (SSSR count). The molecule has 0 fully saturated rings. The first-order valence-corrected chi connectivity index (χ1v) is 9.30. The molecule has 0 radical (unpaired) electrons. The molecule has 0 bridgehead atoms. The van der Waals surface area contributed by atoms with Gasteiger partial charge in [-0.1, -0.05) is 23.7 Å². The van der Waals surface area contributed by atoms with Gasteiger partial charge in [-0.05, 0) is 45.9 Å². The Kier molecular flexibility index (Phi) is 5.65. The lowest BCUT2D eigenvalue weighted by Gasteiger charge is -2.13. The molecule has 0 aliphatic rings. The molecule has 1 N–H and O–H groups in total. The minimum Gasteiger partial charge on any atom is -0.464 e. The Hall–Kier alpha value is -2.93. The summed E-state index contributed by atoms with van der Waals surface area (Å²) in [7, 11) is 0. The Morgan fingerprint density at radius 3 is 2.68 bits per heavy atom. The van der Waals surface area contributed by atoms with Crippen molar-refractivity contribution >= 4 is 34.5 Å². The van der Waals surface area contributed by atoms with Gasteiger partial charge in [0.05, 0.1) is 34.0 Å². The van der Waals surface area contributed by atoms with E-state index in [0.29, 0.717) is 38.7 Å². The number of para-hydroxylation sites is 1. The minimum absolute atomic E-state index is 0.251. The zero-order valence-electron chi connectivity index (χ0n) is 16.1. The van der Waals surface area contributed by atoms with Gasteiger partial charge in [-0.25, -0.2) is 14.5 Å². The molecule has 0 aliphatic heterocycles. The van der Waals surface area contributed by atoms with Crippen molar-refractivity contribution in [3.8, 4) is 5.69 Å². The molecule has 3 aromatic rings. The average Bonchev–Trinajstić information content (AvgIpc) is 2.97. The molecule has 0 unspecified atom stereocenters. The number of hydrogen-bond acceptors (Lipinski definition) is 5. The van der Waals surface area contributed by atoms with Crippen LogP contribution >= 0.6 is 11.6 Å². The molecule has 2 aromatic heterocycles. The molecule has 1 amide bonds. The Balaban J connectivity index is 2.09. The van der Waals surface area contributed by atoms with E-state index < -0.39 is 17.9 Å². The van der Waals surface area contributed by atoms with Gasteiger partial charge in [0, 0.05) is 5.69 Å². The summed E-state index contributed by atoms with van der Waals surface area (Å²) >= 11 is 6.32. The van der Waals surface area contributed by atoms with E-state index in [1.54, 1.807) is 44.5 Å². The molecule has 2 heterocycles. The van der Waals surface area contributed by atoms with Crippen molar-refractivity contribution in [2.24, 2.45) is 0 Å². The summed E-state index contributed by atoms with van der Waals surface area (Å²) in [5.74, 6) is -0.876. The standard InChI is InChI=1S/C20H21ClN4O3/c1-5-28-20(27)13(4)23-19(26)14-10-11(2)22-18-17(14)12(3)24-25(18)16-9-7-6-8-15(16)21/h6-10,13H,5H2,1-4H3,(H,23,26)/t13-/m0/s1. The number of benzene rings is 1. The van der Waals surface area contributed by atoms with Crippen LogP contribution < -0.4 is 5.32 Å². The Labute approximate surface area is 167 Å². The second-order valence-electron chi connectivity index (χ2n) is 6.41. The summed E-state index contributed by atoms with van der Waals surface area (Å²) in [5, 5.41) is 8.37. The van der Waals surface area contributed by atoms with Crippen LogP contribution in [-0.2, 0) is 9.53 Å². The average molecular weight is 401 g/mol. The van der Waals surface area contributed by atoms with Crippen LogP contribution in [0.4, 0.5) is 0 Å². The van der Waals surface area contributed by atoms with E-state index in [9.17, 15) is 9.59 Å². The Morgan fingerprint density at radius 1 is 1.29 bits per heavy atom. The lowest BCUT2D eigenvalue weighted by atomic mass is 10.1. The van der Waals surface area contributed by atoms with Crippen molar-refractivity contribution < 1.29 is 14.3 Å².